The predicted molar refractivity (Wildman–Crippen MR) is 137 cm³/mol. The fourth-order valence-corrected chi connectivity index (χ4v) is 5.61. The summed E-state index contributed by atoms with van der Waals surface area (Å²) in [7, 11) is 3.00. The van der Waals surface area contributed by atoms with Crippen LogP contribution in [0, 0.1) is 0 Å². The van der Waals surface area contributed by atoms with E-state index in [1.165, 1.54) is 37.8 Å². The molecule has 0 atom stereocenters. The minimum absolute atomic E-state index is 0.255. The Morgan fingerprint density at radius 1 is 1.09 bits per heavy atom. The molecule has 0 spiro atoms. The first kappa shape index (κ1) is 23.2. The second-order valence-electron chi connectivity index (χ2n) is 8.29. The van der Waals surface area contributed by atoms with E-state index in [1.54, 1.807) is 16.7 Å². The number of aromatic amines is 1. The Morgan fingerprint density at radius 2 is 1.86 bits per heavy atom. The van der Waals surface area contributed by atoms with Gasteiger partial charge in [0.15, 0.2) is 0 Å². The van der Waals surface area contributed by atoms with Gasteiger partial charge in [0.05, 0.1) is 36.4 Å². The summed E-state index contributed by atoms with van der Waals surface area (Å²) in [6.45, 7) is 1.80. The number of piperidine rings is 1. The fourth-order valence-electron chi connectivity index (χ4n) is 4.64. The molecule has 0 unspecified atom stereocenters. The largest absolute Gasteiger partial charge is 0.494 e. The van der Waals surface area contributed by atoms with E-state index in [0.29, 0.717) is 48.5 Å². The Kier molecular flexibility index (Phi) is 6.59. The molecule has 3 aromatic rings. The van der Waals surface area contributed by atoms with E-state index in [9.17, 15) is 9.59 Å². The number of carbonyl (C=O) groups excluding carboxylic acids is 2. The van der Waals surface area contributed by atoms with E-state index >= 15 is 0 Å². The Bertz CT molecular complexity index is 1340. The lowest BCUT2D eigenvalue weighted by atomic mass is 9.93. The van der Waals surface area contributed by atoms with E-state index in [-0.39, 0.29) is 5.56 Å². The molecule has 2 aliphatic heterocycles. The van der Waals surface area contributed by atoms with Gasteiger partial charge in [-0.1, -0.05) is 35.9 Å². The Labute approximate surface area is 207 Å². The summed E-state index contributed by atoms with van der Waals surface area (Å²) in [5.74, 6) is 0.642. The molecule has 2 aromatic heterocycles. The van der Waals surface area contributed by atoms with Gasteiger partial charge in [0, 0.05) is 37.2 Å². The molecule has 8 nitrogen and oxygen atoms in total. The van der Waals surface area contributed by atoms with Gasteiger partial charge in [-0.2, -0.15) is 0 Å². The number of nitrogens with one attached hydrogen (secondary N) is 1. The number of likely N-dealkylation sites (tertiary alicyclic amines) is 1. The summed E-state index contributed by atoms with van der Waals surface area (Å²) in [6, 6.07) is 10.3. The van der Waals surface area contributed by atoms with Crippen molar-refractivity contribution in [2.75, 3.05) is 39.6 Å². The van der Waals surface area contributed by atoms with Crippen LogP contribution in [-0.4, -0.2) is 71.2 Å². The number of pyridine rings is 1. The predicted octanol–water partition coefficient (Wildman–Crippen LogP) is 3.98. The number of Topliss-reactive ketones (excluding diaryl/α,β-unsaturated/α-hetero) is 1. The summed E-state index contributed by atoms with van der Waals surface area (Å²) < 4.78 is 10.7. The first-order valence-electron chi connectivity index (χ1n) is 11.5. The van der Waals surface area contributed by atoms with Crippen molar-refractivity contribution in [2.45, 2.75) is 12.8 Å². The summed E-state index contributed by atoms with van der Waals surface area (Å²) in [5.41, 5.74) is 4.40. The van der Waals surface area contributed by atoms with E-state index in [0.717, 1.165) is 22.9 Å². The van der Waals surface area contributed by atoms with Crippen molar-refractivity contribution in [3.8, 4) is 11.6 Å². The zero-order valence-electron chi connectivity index (χ0n) is 19.7. The Morgan fingerprint density at radius 3 is 2.51 bits per heavy atom. The Hall–Kier alpha value is -3.59. The van der Waals surface area contributed by atoms with Crippen LogP contribution in [0.5, 0.6) is 11.6 Å². The molecule has 1 saturated heterocycles. The molecule has 1 amide bonds. The smallest absolute Gasteiger partial charge is 0.295 e. The highest BCUT2D eigenvalue weighted by molar-refractivity contribution is 8.15. The molecule has 1 N–H and O–H groups in total. The number of ether oxygens (including phenoxy) is 2. The number of benzene rings is 1. The van der Waals surface area contributed by atoms with Gasteiger partial charge in [0.25, 0.3) is 11.7 Å². The van der Waals surface area contributed by atoms with Crippen LogP contribution in [0.1, 0.15) is 28.8 Å². The number of ketones is 1. The lowest BCUT2D eigenvalue weighted by Gasteiger charge is -2.29. The topological polar surface area (TPSA) is 96.9 Å². The number of aliphatic imine (C=N–C) groups is 1. The third kappa shape index (κ3) is 4.32. The molecule has 180 valence electrons. The highest BCUT2D eigenvalue weighted by Gasteiger charge is 2.31. The Balaban J connectivity index is 1.39. The number of amides is 1. The maximum atomic E-state index is 13.3. The van der Waals surface area contributed by atoms with Crippen LogP contribution in [0.15, 0.2) is 53.3 Å². The second kappa shape index (κ2) is 9.95. The lowest BCUT2D eigenvalue weighted by Crippen LogP contribution is -2.40. The molecule has 4 heterocycles. The minimum atomic E-state index is -0.575. The van der Waals surface area contributed by atoms with Gasteiger partial charge in [0.1, 0.15) is 11.3 Å². The van der Waals surface area contributed by atoms with E-state index in [1.807, 2.05) is 18.2 Å². The number of aromatic nitrogens is 2. The van der Waals surface area contributed by atoms with Gasteiger partial charge >= 0.3 is 0 Å². The van der Waals surface area contributed by atoms with Gasteiger partial charge in [0.2, 0.25) is 5.88 Å². The van der Waals surface area contributed by atoms with Crippen molar-refractivity contribution in [1.29, 1.82) is 0 Å². The average molecular weight is 491 g/mol. The molecule has 2 aliphatic rings. The summed E-state index contributed by atoms with van der Waals surface area (Å²) in [5, 5.41) is 1.58. The first-order valence-corrected chi connectivity index (χ1v) is 12.5. The van der Waals surface area contributed by atoms with Crippen LogP contribution in [0.25, 0.3) is 16.5 Å². The van der Waals surface area contributed by atoms with Crippen LogP contribution in [0.3, 0.4) is 0 Å². The normalized spacial score (nSPS) is 15.8. The molecule has 9 heteroatoms. The quantitative estimate of drug-likeness (QED) is 0.415. The van der Waals surface area contributed by atoms with Crippen molar-refractivity contribution >= 4 is 45.0 Å². The molecule has 0 saturated carbocycles. The summed E-state index contributed by atoms with van der Waals surface area (Å²) in [6.07, 6.45) is 4.43. The van der Waals surface area contributed by atoms with Crippen molar-refractivity contribution in [2.24, 2.45) is 4.99 Å². The van der Waals surface area contributed by atoms with Crippen molar-refractivity contribution in [1.82, 2.24) is 14.9 Å². The zero-order chi connectivity index (χ0) is 24.4. The number of H-pyrrole nitrogens is 1. The van der Waals surface area contributed by atoms with Crippen molar-refractivity contribution in [3.63, 3.8) is 0 Å². The van der Waals surface area contributed by atoms with Crippen molar-refractivity contribution in [3.05, 3.63) is 59.4 Å². The summed E-state index contributed by atoms with van der Waals surface area (Å²) >= 11 is 1.78. The molecule has 1 fully saturated rings. The van der Waals surface area contributed by atoms with Crippen LogP contribution in [-0.2, 0) is 4.79 Å². The third-order valence-electron chi connectivity index (χ3n) is 6.36. The standard InChI is InChI=1S/C26H26N4O4S/c1-33-19-15-29-24(34-2)22-21(19)18(14-28-22)23(31)26(32)30-11-8-17(9-12-30)20(25-27-10-13-35-25)16-6-4-3-5-7-16/h3-7,14-15,28H,8-13H2,1-2H3. The zero-order valence-corrected chi connectivity index (χ0v) is 20.5. The second-order valence-corrected chi connectivity index (χ2v) is 9.37. The molecule has 5 rings (SSSR count). The van der Waals surface area contributed by atoms with Crippen LogP contribution < -0.4 is 9.47 Å². The van der Waals surface area contributed by atoms with Crippen LogP contribution in [0.2, 0.25) is 0 Å². The SMILES string of the molecule is COc1ncc(OC)c2c(C(=O)C(=O)N3CCC(=C(C4=NCCS4)c4ccccc4)CC3)c[nH]c12. The highest BCUT2D eigenvalue weighted by atomic mass is 32.2. The number of hydrogen-bond donors (Lipinski definition) is 1. The minimum Gasteiger partial charge on any atom is -0.494 e. The molecule has 35 heavy (non-hydrogen) atoms. The number of methoxy groups -OCH3 is 2. The summed E-state index contributed by atoms with van der Waals surface area (Å²) in [4.78, 5) is 40.1. The highest BCUT2D eigenvalue weighted by Crippen LogP contribution is 2.35. The number of hydrogen-bond acceptors (Lipinski definition) is 7. The number of rotatable bonds is 6. The van der Waals surface area contributed by atoms with E-state index in [4.69, 9.17) is 14.5 Å². The molecule has 0 aliphatic carbocycles. The average Bonchev–Trinajstić information content (AvgIpc) is 3.59. The number of carbonyl (C=O) groups is 2. The van der Waals surface area contributed by atoms with Gasteiger partial charge in [-0.15, -0.1) is 11.8 Å². The van der Waals surface area contributed by atoms with E-state index < -0.39 is 11.7 Å². The van der Waals surface area contributed by atoms with E-state index in [2.05, 4.69) is 22.1 Å². The molecular weight excluding hydrogens is 464 g/mol. The molecule has 1 aromatic carbocycles. The monoisotopic (exact) mass is 490 g/mol. The maximum Gasteiger partial charge on any atom is 0.295 e. The first-order chi connectivity index (χ1) is 17.1. The van der Waals surface area contributed by atoms with Crippen LogP contribution >= 0.6 is 11.8 Å². The fraction of sp³-hybridized carbons (Fsp3) is 0.308. The maximum absolute atomic E-state index is 13.3. The van der Waals surface area contributed by atoms with Gasteiger partial charge in [-0.3, -0.25) is 14.6 Å². The van der Waals surface area contributed by atoms with Gasteiger partial charge < -0.3 is 19.4 Å². The number of thioether (sulfide) groups is 1. The molecule has 0 radical (unpaired) electrons. The third-order valence-corrected chi connectivity index (χ3v) is 7.35. The molecule has 0 bridgehead atoms. The van der Waals surface area contributed by atoms with Crippen molar-refractivity contribution < 1.29 is 19.1 Å². The number of nitrogens with zero attached hydrogens (tertiary/aromatic N) is 3. The van der Waals surface area contributed by atoms with Gasteiger partial charge in [-0.05, 0) is 18.4 Å². The number of fused-ring (bicyclic) bond motifs is 1. The van der Waals surface area contributed by atoms with Gasteiger partial charge in [-0.25, -0.2) is 4.98 Å². The van der Waals surface area contributed by atoms with Crippen LogP contribution in [0.4, 0.5) is 0 Å². The lowest BCUT2D eigenvalue weighted by molar-refractivity contribution is -0.126. The molecular formula is C26H26N4O4S.